The molecule has 0 fully saturated rings. The summed E-state index contributed by atoms with van der Waals surface area (Å²) in [6, 6.07) is 23.1. The maximum absolute atomic E-state index is 13.1. The lowest BCUT2D eigenvalue weighted by molar-refractivity contribution is -0.120. The van der Waals surface area contributed by atoms with Crippen LogP contribution < -0.4 is 4.72 Å². The molecule has 1 atom stereocenters. The fraction of sp³-hybridized carbons (Fsp3) is 0.208. The molecule has 0 heterocycles. The number of hydrogen-bond acceptors (Lipinski definition) is 3. The van der Waals surface area contributed by atoms with Gasteiger partial charge in [0.25, 0.3) is 10.0 Å². The second-order valence-corrected chi connectivity index (χ2v) is 9.28. The van der Waals surface area contributed by atoms with Crippen LogP contribution in [0.5, 0.6) is 0 Å². The normalized spacial score (nSPS) is 12.3. The lowest BCUT2D eigenvalue weighted by atomic mass is 9.91. The van der Waals surface area contributed by atoms with Crippen LogP contribution in [0.2, 0.25) is 5.02 Å². The molecule has 6 heteroatoms. The molecular formula is C24H24ClNO3S. The standard InChI is InChI=1S/C24H24ClNO3S/c1-2-7-18-10-6-11-22(16-18)30(28,29)26-24(27)23(17-19-8-4-3-5-9-19)20-12-14-21(25)15-13-20/h3-6,8-16,23H,2,7,17H2,1H3,(H,26,27). The van der Waals surface area contributed by atoms with Crippen molar-refractivity contribution in [3.63, 3.8) is 0 Å². The maximum atomic E-state index is 13.1. The first kappa shape index (κ1) is 22.1. The zero-order chi connectivity index (χ0) is 21.6. The number of hydrogen-bond donors (Lipinski definition) is 1. The zero-order valence-corrected chi connectivity index (χ0v) is 18.3. The summed E-state index contributed by atoms with van der Waals surface area (Å²) >= 11 is 5.99. The Bertz CT molecular complexity index is 1100. The highest BCUT2D eigenvalue weighted by Gasteiger charge is 2.26. The Labute approximate surface area is 183 Å². The van der Waals surface area contributed by atoms with Crippen molar-refractivity contribution in [3.8, 4) is 0 Å². The van der Waals surface area contributed by atoms with E-state index in [1.54, 1.807) is 36.4 Å². The van der Waals surface area contributed by atoms with Crippen LogP contribution in [0.4, 0.5) is 0 Å². The molecule has 0 saturated heterocycles. The number of sulfonamides is 1. The Morgan fingerprint density at radius 2 is 1.60 bits per heavy atom. The molecule has 0 bridgehead atoms. The van der Waals surface area contributed by atoms with Gasteiger partial charge in [0.2, 0.25) is 5.91 Å². The monoisotopic (exact) mass is 441 g/mol. The number of carbonyl (C=O) groups excluding carboxylic acids is 1. The van der Waals surface area contributed by atoms with Crippen LogP contribution in [-0.2, 0) is 27.7 Å². The van der Waals surface area contributed by atoms with Crippen molar-refractivity contribution >= 4 is 27.5 Å². The van der Waals surface area contributed by atoms with Crippen LogP contribution in [0.15, 0.2) is 83.8 Å². The lowest BCUT2D eigenvalue weighted by Crippen LogP contribution is -2.35. The van der Waals surface area contributed by atoms with Crippen molar-refractivity contribution in [3.05, 3.63) is 101 Å². The number of carbonyl (C=O) groups is 1. The van der Waals surface area contributed by atoms with E-state index >= 15 is 0 Å². The predicted octanol–water partition coefficient (Wildman–Crippen LogP) is 5.12. The smallest absolute Gasteiger partial charge is 0.264 e. The molecule has 3 aromatic rings. The Morgan fingerprint density at radius 1 is 0.933 bits per heavy atom. The van der Waals surface area contributed by atoms with Crippen LogP contribution in [-0.4, -0.2) is 14.3 Å². The third-order valence-electron chi connectivity index (χ3n) is 4.85. The first-order chi connectivity index (χ1) is 14.4. The van der Waals surface area contributed by atoms with Gasteiger partial charge in [-0.3, -0.25) is 4.79 Å². The van der Waals surface area contributed by atoms with Gasteiger partial charge in [0.05, 0.1) is 10.8 Å². The van der Waals surface area contributed by atoms with E-state index < -0.39 is 21.8 Å². The van der Waals surface area contributed by atoms with E-state index in [1.807, 2.05) is 43.3 Å². The maximum Gasteiger partial charge on any atom is 0.264 e. The van der Waals surface area contributed by atoms with Crippen molar-refractivity contribution in [2.24, 2.45) is 0 Å². The third kappa shape index (κ3) is 5.71. The van der Waals surface area contributed by atoms with Gasteiger partial charge in [-0.25, -0.2) is 13.1 Å². The molecule has 1 amide bonds. The van der Waals surface area contributed by atoms with E-state index in [0.717, 1.165) is 24.0 Å². The summed E-state index contributed by atoms with van der Waals surface area (Å²) in [6.45, 7) is 2.03. The molecule has 3 rings (SSSR count). The van der Waals surface area contributed by atoms with Gasteiger partial charge in [0.15, 0.2) is 0 Å². The minimum atomic E-state index is -3.98. The number of rotatable bonds is 8. The molecule has 3 aromatic carbocycles. The average Bonchev–Trinajstić information content (AvgIpc) is 2.74. The fourth-order valence-electron chi connectivity index (χ4n) is 3.33. The Kier molecular flexibility index (Phi) is 7.29. The van der Waals surface area contributed by atoms with Gasteiger partial charge >= 0.3 is 0 Å². The summed E-state index contributed by atoms with van der Waals surface area (Å²) in [5.74, 6) is -1.24. The molecule has 0 saturated carbocycles. The molecule has 156 valence electrons. The van der Waals surface area contributed by atoms with Crippen LogP contribution >= 0.6 is 11.6 Å². The Balaban J connectivity index is 1.88. The number of amides is 1. The predicted molar refractivity (Wildman–Crippen MR) is 120 cm³/mol. The van der Waals surface area contributed by atoms with Crippen LogP contribution in [0.25, 0.3) is 0 Å². The highest BCUT2D eigenvalue weighted by Crippen LogP contribution is 2.24. The van der Waals surface area contributed by atoms with Crippen LogP contribution in [0.3, 0.4) is 0 Å². The summed E-state index contributed by atoms with van der Waals surface area (Å²) < 4.78 is 28.1. The molecular weight excluding hydrogens is 418 g/mol. The second kappa shape index (κ2) is 9.92. The van der Waals surface area contributed by atoms with Gasteiger partial charge in [0, 0.05) is 5.02 Å². The van der Waals surface area contributed by atoms with Gasteiger partial charge < -0.3 is 0 Å². The largest absolute Gasteiger partial charge is 0.273 e. The summed E-state index contributed by atoms with van der Waals surface area (Å²) in [5, 5.41) is 0.554. The topological polar surface area (TPSA) is 63.2 Å². The van der Waals surface area contributed by atoms with E-state index in [0.29, 0.717) is 17.0 Å². The number of benzene rings is 3. The number of nitrogens with one attached hydrogen (secondary N) is 1. The Hall–Kier alpha value is -2.63. The van der Waals surface area contributed by atoms with Gasteiger partial charge in [-0.2, -0.15) is 0 Å². The van der Waals surface area contributed by atoms with E-state index in [2.05, 4.69) is 4.72 Å². The zero-order valence-electron chi connectivity index (χ0n) is 16.7. The lowest BCUT2D eigenvalue weighted by Gasteiger charge is -2.18. The highest BCUT2D eigenvalue weighted by molar-refractivity contribution is 7.90. The van der Waals surface area contributed by atoms with Crippen molar-refractivity contribution in [2.75, 3.05) is 0 Å². The molecule has 0 aliphatic rings. The summed E-state index contributed by atoms with van der Waals surface area (Å²) in [7, 11) is -3.98. The Morgan fingerprint density at radius 3 is 2.27 bits per heavy atom. The summed E-state index contributed by atoms with van der Waals surface area (Å²) in [5.41, 5.74) is 2.57. The second-order valence-electron chi connectivity index (χ2n) is 7.16. The molecule has 4 nitrogen and oxygen atoms in total. The van der Waals surface area contributed by atoms with Gasteiger partial charge in [-0.1, -0.05) is 79.5 Å². The molecule has 0 aliphatic heterocycles. The first-order valence-electron chi connectivity index (χ1n) is 9.84. The van der Waals surface area contributed by atoms with Crippen molar-refractivity contribution < 1.29 is 13.2 Å². The van der Waals surface area contributed by atoms with E-state index in [1.165, 1.54) is 6.07 Å². The van der Waals surface area contributed by atoms with Gasteiger partial charge in [-0.05, 0) is 53.8 Å². The number of halogens is 1. The van der Waals surface area contributed by atoms with Gasteiger partial charge in [0.1, 0.15) is 0 Å². The average molecular weight is 442 g/mol. The first-order valence-corrected chi connectivity index (χ1v) is 11.7. The van der Waals surface area contributed by atoms with Gasteiger partial charge in [-0.15, -0.1) is 0 Å². The summed E-state index contributed by atoms with van der Waals surface area (Å²) in [6.07, 6.45) is 2.06. The highest BCUT2D eigenvalue weighted by atomic mass is 35.5. The molecule has 0 spiro atoms. The molecule has 1 N–H and O–H groups in total. The SMILES string of the molecule is CCCc1cccc(S(=O)(=O)NC(=O)C(Cc2ccccc2)c2ccc(Cl)cc2)c1. The molecule has 0 aromatic heterocycles. The van der Waals surface area contributed by atoms with Crippen molar-refractivity contribution in [1.82, 2.24) is 4.72 Å². The van der Waals surface area contributed by atoms with E-state index in [4.69, 9.17) is 11.6 Å². The molecule has 30 heavy (non-hydrogen) atoms. The molecule has 0 aliphatic carbocycles. The summed E-state index contributed by atoms with van der Waals surface area (Å²) in [4.78, 5) is 13.2. The number of aryl methyl sites for hydroxylation is 1. The minimum Gasteiger partial charge on any atom is -0.273 e. The quantitative estimate of drug-likeness (QED) is 0.527. The van der Waals surface area contributed by atoms with Crippen LogP contribution in [0, 0.1) is 0 Å². The van der Waals surface area contributed by atoms with E-state index in [9.17, 15) is 13.2 Å². The van der Waals surface area contributed by atoms with Crippen molar-refractivity contribution in [2.45, 2.75) is 37.0 Å². The third-order valence-corrected chi connectivity index (χ3v) is 6.45. The van der Waals surface area contributed by atoms with E-state index in [-0.39, 0.29) is 4.90 Å². The molecule has 1 unspecified atom stereocenters. The van der Waals surface area contributed by atoms with Crippen molar-refractivity contribution in [1.29, 1.82) is 0 Å². The fourth-order valence-corrected chi connectivity index (χ4v) is 4.54. The molecule has 0 radical (unpaired) electrons. The van der Waals surface area contributed by atoms with Crippen LogP contribution in [0.1, 0.15) is 36.0 Å². The minimum absolute atomic E-state index is 0.0939.